The van der Waals surface area contributed by atoms with Gasteiger partial charge in [0.05, 0.1) is 0 Å². The number of carbonyl (C=O) groups is 3. The van der Waals surface area contributed by atoms with Crippen molar-refractivity contribution in [3.8, 4) is 0 Å². The maximum Gasteiger partial charge on any atom is 0.306 e. The third-order valence-corrected chi connectivity index (χ3v) is 13.9. The first-order valence-electron chi connectivity index (χ1n) is 33.0. The summed E-state index contributed by atoms with van der Waals surface area (Å²) < 4.78 is 16.9. The minimum atomic E-state index is -0.812. The Morgan fingerprint density at radius 1 is 0.266 bits per heavy atom. The number of ether oxygens (including phenoxy) is 3. The molecule has 0 aliphatic carbocycles. The van der Waals surface area contributed by atoms with Gasteiger partial charge >= 0.3 is 17.9 Å². The molecule has 0 fully saturated rings. The summed E-state index contributed by atoms with van der Waals surface area (Å²) in [5.74, 6) is -0.969. The van der Waals surface area contributed by atoms with Gasteiger partial charge in [-0.15, -0.1) is 0 Å². The Bertz CT molecular complexity index is 1640. The lowest BCUT2D eigenvalue weighted by atomic mass is 10.1. The second-order valence-electron chi connectivity index (χ2n) is 21.6. The SMILES string of the molecule is CC/C=C\C/C=C\C/C=C\C/C=C\C/C=C\CCCC(=O)OCC(COC(=O)CCCCCCCCCC/C=C\C/C=C\C/C=C\CCCCCCC)OC(=O)CCCCCCCCCCC/C=C\C/C=C\CCCCCCC. The zero-order valence-electron chi connectivity index (χ0n) is 51.6. The summed E-state index contributed by atoms with van der Waals surface area (Å²) in [4.78, 5) is 38.4. The van der Waals surface area contributed by atoms with Crippen molar-refractivity contribution in [2.24, 2.45) is 0 Å². The monoisotopic (exact) mass is 1090 g/mol. The second kappa shape index (κ2) is 66.3. The molecule has 0 saturated carbocycles. The van der Waals surface area contributed by atoms with E-state index >= 15 is 0 Å². The molecule has 0 aromatic carbocycles. The Hall–Kier alpha value is -4.19. The van der Waals surface area contributed by atoms with E-state index in [0.717, 1.165) is 103 Å². The van der Waals surface area contributed by atoms with Crippen molar-refractivity contribution in [1.29, 1.82) is 0 Å². The van der Waals surface area contributed by atoms with E-state index in [1.165, 1.54) is 154 Å². The molecule has 6 nitrogen and oxygen atoms in total. The number of allylic oxidation sites excluding steroid dienone is 20. The number of hydrogen-bond donors (Lipinski definition) is 0. The van der Waals surface area contributed by atoms with Gasteiger partial charge in [-0.1, -0.05) is 277 Å². The van der Waals surface area contributed by atoms with Crippen LogP contribution in [0.3, 0.4) is 0 Å². The van der Waals surface area contributed by atoms with E-state index in [9.17, 15) is 14.4 Å². The summed E-state index contributed by atoms with van der Waals surface area (Å²) in [6.07, 6.45) is 92.1. The Labute approximate surface area is 488 Å². The van der Waals surface area contributed by atoms with Crippen molar-refractivity contribution in [2.75, 3.05) is 13.2 Å². The van der Waals surface area contributed by atoms with Crippen LogP contribution in [-0.4, -0.2) is 37.2 Å². The molecular weight excluding hydrogens is 973 g/mol. The fraction of sp³-hybridized carbons (Fsp3) is 0.685. The van der Waals surface area contributed by atoms with E-state index in [-0.39, 0.29) is 37.5 Å². The largest absolute Gasteiger partial charge is 0.462 e. The van der Waals surface area contributed by atoms with Crippen molar-refractivity contribution in [3.05, 3.63) is 122 Å². The normalized spacial score (nSPS) is 12.9. The summed E-state index contributed by atoms with van der Waals surface area (Å²) in [6.45, 7) is 6.47. The first-order valence-corrected chi connectivity index (χ1v) is 33.0. The van der Waals surface area contributed by atoms with Crippen molar-refractivity contribution in [3.63, 3.8) is 0 Å². The third-order valence-electron chi connectivity index (χ3n) is 13.9. The van der Waals surface area contributed by atoms with E-state index in [2.05, 4.69) is 142 Å². The van der Waals surface area contributed by atoms with Gasteiger partial charge in [0.1, 0.15) is 13.2 Å². The van der Waals surface area contributed by atoms with E-state index in [1.54, 1.807) is 0 Å². The van der Waals surface area contributed by atoms with Gasteiger partial charge in [-0.2, -0.15) is 0 Å². The van der Waals surface area contributed by atoms with E-state index in [0.29, 0.717) is 19.3 Å². The molecule has 1 atom stereocenters. The third kappa shape index (κ3) is 64.5. The average Bonchev–Trinajstić information content (AvgIpc) is 3.45. The molecule has 0 aromatic heterocycles. The molecular formula is C73H122O6. The van der Waals surface area contributed by atoms with Crippen LogP contribution in [0.4, 0.5) is 0 Å². The van der Waals surface area contributed by atoms with Crippen LogP contribution in [0.25, 0.3) is 0 Å². The summed E-state index contributed by atoms with van der Waals surface area (Å²) in [6, 6.07) is 0. The summed E-state index contributed by atoms with van der Waals surface area (Å²) in [5.41, 5.74) is 0. The van der Waals surface area contributed by atoms with Crippen LogP contribution >= 0.6 is 0 Å². The molecule has 0 heterocycles. The van der Waals surface area contributed by atoms with Crippen molar-refractivity contribution >= 4 is 17.9 Å². The van der Waals surface area contributed by atoms with Gasteiger partial charge in [-0.05, 0) is 128 Å². The number of hydrogen-bond acceptors (Lipinski definition) is 6. The summed E-state index contributed by atoms with van der Waals surface area (Å²) in [7, 11) is 0. The van der Waals surface area contributed by atoms with Crippen LogP contribution in [0.5, 0.6) is 0 Å². The van der Waals surface area contributed by atoms with Crippen molar-refractivity contribution < 1.29 is 28.6 Å². The highest BCUT2D eigenvalue weighted by Crippen LogP contribution is 2.15. The molecule has 0 amide bonds. The fourth-order valence-electron chi connectivity index (χ4n) is 8.99. The number of rotatable bonds is 59. The fourth-order valence-corrected chi connectivity index (χ4v) is 8.99. The van der Waals surface area contributed by atoms with Crippen molar-refractivity contribution in [2.45, 2.75) is 309 Å². The van der Waals surface area contributed by atoms with Gasteiger partial charge < -0.3 is 14.2 Å². The summed E-state index contributed by atoms with van der Waals surface area (Å²) in [5, 5.41) is 0. The quantitative estimate of drug-likeness (QED) is 0.0261. The molecule has 0 spiro atoms. The lowest BCUT2D eigenvalue weighted by Gasteiger charge is -2.18. The van der Waals surface area contributed by atoms with Crippen LogP contribution in [0.2, 0.25) is 0 Å². The molecule has 0 bridgehead atoms. The number of unbranched alkanes of at least 4 members (excludes halogenated alkanes) is 28. The highest BCUT2D eigenvalue weighted by Gasteiger charge is 2.19. The number of esters is 3. The predicted octanol–water partition coefficient (Wildman–Crippen LogP) is 22.8. The minimum Gasteiger partial charge on any atom is -0.462 e. The maximum absolute atomic E-state index is 12.9. The van der Waals surface area contributed by atoms with Crippen LogP contribution in [-0.2, 0) is 28.6 Å². The first-order chi connectivity index (χ1) is 39.0. The Balaban J connectivity index is 4.47. The molecule has 0 rings (SSSR count). The summed E-state index contributed by atoms with van der Waals surface area (Å²) >= 11 is 0. The lowest BCUT2D eigenvalue weighted by molar-refractivity contribution is -0.167. The van der Waals surface area contributed by atoms with Gasteiger partial charge in [-0.25, -0.2) is 0 Å². The molecule has 6 heteroatoms. The molecule has 0 aliphatic heterocycles. The molecule has 0 N–H and O–H groups in total. The first kappa shape index (κ1) is 74.8. The topological polar surface area (TPSA) is 78.9 Å². The van der Waals surface area contributed by atoms with Gasteiger partial charge in [-0.3, -0.25) is 14.4 Å². The van der Waals surface area contributed by atoms with E-state index < -0.39 is 6.10 Å². The standard InChI is InChI=1S/C73H122O6/c1-4-7-10-13-16-19-22-25-28-31-33-35-36-38-39-42-45-48-51-54-57-60-63-66-72(75)78-69-70(68-77-71(74)65-62-59-56-53-50-47-44-41-30-27-24-21-18-15-12-9-6-3)79-73(76)67-64-61-58-55-52-49-46-43-40-37-34-32-29-26-23-20-17-14-11-8-5-2/h9,12,18,21-23,25-27,30-34,36,38,44,47,53,56,70H,4-8,10-11,13-17,19-20,24,28-29,35,37,39-43,45-46,48-52,54-55,57-69H2,1-3H3/b12-9-,21-18-,25-22-,26-23-,30-27-,33-31-,34-32-,38-36-,47-44-,56-53-. The predicted molar refractivity (Wildman–Crippen MR) is 343 cm³/mol. The van der Waals surface area contributed by atoms with Crippen molar-refractivity contribution in [1.82, 2.24) is 0 Å². The molecule has 450 valence electrons. The van der Waals surface area contributed by atoms with Crippen LogP contribution in [0.1, 0.15) is 303 Å². The molecule has 0 aliphatic rings. The molecule has 0 saturated heterocycles. The van der Waals surface area contributed by atoms with Gasteiger partial charge in [0.25, 0.3) is 0 Å². The lowest BCUT2D eigenvalue weighted by Crippen LogP contribution is -2.30. The highest BCUT2D eigenvalue weighted by molar-refractivity contribution is 5.71. The Kier molecular flexibility index (Phi) is 62.8. The Morgan fingerprint density at radius 2 is 0.506 bits per heavy atom. The van der Waals surface area contributed by atoms with Crippen LogP contribution in [0, 0.1) is 0 Å². The zero-order chi connectivity index (χ0) is 57.1. The molecule has 0 radical (unpaired) electrons. The van der Waals surface area contributed by atoms with Gasteiger partial charge in [0.2, 0.25) is 0 Å². The molecule has 79 heavy (non-hydrogen) atoms. The maximum atomic E-state index is 12.9. The van der Waals surface area contributed by atoms with Crippen LogP contribution in [0.15, 0.2) is 122 Å². The smallest absolute Gasteiger partial charge is 0.306 e. The van der Waals surface area contributed by atoms with E-state index in [1.807, 2.05) is 0 Å². The molecule has 0 aromatic rings. The van der Waals surface area contributed by atoms with Crippen LogP contribution < -0.4 is 0 Å². The minimum absolute atomic E-state index is 0.103. The average molecular weight is 1100 g/mol. The number of carbonyl (C=O) groups excluding carboxylic acids is 3. The van der Waals surface area contributed by atoms with Gasteiger partial charge in [0, 0.05) is 19.3 Å². The highest BCUT2D eigenvalue weighted by atomic mass is 16.6. The molecule has 1 unspecified atom stereocenters. The van der Waals surface area contributed by atoms with E-state index in [4.69, 9.17) is 14.2 Å². The van der Waals surface area contributed by atoms with Gasteiger partial charge in [0.15, 0.2) is 6.10 Å². The second-order valence-corrected chi connectivity index (χ2v) is 21.6. The zero-order valence-corrected chi connectivity index (χ0v) is 51.6. The Morgan fingerprint density at radius 3 is 0.823 bits per heavy atom.